The van der Waals surface area contributed by atoms with Gasteiger partial charge >= 0.3 is 12.4 Å². The Hall–Kier alpha value is -1.81. The third-order valence-electron chi connectivity index (χ3n) is 6.35. The highest BCUT2D eigenvalue weighted by Crippen LogP contribution is 2.37. The van der Waals surface area contributed by atoms with Crippen molar-refractivity contribution in [2.45, 2.75) is 51.5 Å². The summed E-state index contributed by atoms with van der Waals surface area (Å²) in [5.41, 5.74) is -3.61. The van der Waals surface area contributed by atoms with Gasteiger partial charge in [0.25, 0.3) is 0 Å². The lowest BCUT2D eigenvalue weighted by Crippen LogP contribution is -2.49. The second-order valence-corrected chi connectivity index (χ2v) is 8.97. The van der Waals surface area contributed by atoms with E-state index >= 15 is 0 Å². The molecule has 0 spiro atoms. The van der Waals surface area contributed by atoms with Crippen LogP contribution in [0, 0.1) is 11.3 Å². The average molecular weight is 466 g/mol. The first-order chi connectivity index (χ1) is 14.9. The number of carbonyl (C=O) groups is 1. The zero-order valence-corrected chi connectivity index (χ0v) is 17.9. The fraction of sp³-hybridized carbons (Fsp3) is 0.682. The summed E-state index contributed by atoms with van der Waals surface area (Å²) >= 11 is 0. The molecule has 2 heterocycles. The van der Waals surface area contributed by atoms with Gasteiger partial charge in [0, 0.05) is 31.7 Å². The maximum Gasteiger partial charge on any atom is 0.416 e. The second-order valence-electron chi connectivity index (χ2n) is 8.97. The van der Waals surface area contributed by atoms with Crippen LogP contribution in [0.1, 0.15) is 49.3 Å². The monoisotopic (exact) mass is 466 g/mol. The van der Waals surface area contributed by atoms with E-state index in [0.29, 0.717) is 64.1 Å². The molecule has 2 saturated heterocycles. The van der Waals surface area contributed by atoms with Crippen molar-refractivity contribution < 1.29 is 35.9 Å². The smallest absolute Gasteiger partial charge is 0.381 e. The van der Waals surface area contributed by atoms with Crippen LogP contribution in [0.3, 0.4) is 0 Å². The summed E-state index contributed by atoms with van der Waals surface area (Å²) in [6.45, 7) is 4.12. The van der Waals surface area contributed by atoms with Crippen molar-refractivity contribution in [2.24, 2.45) is 11.3 Å². The van der Waals surface area contributed by atoms with Gasteiger partial charge in [-0.1, -0.05) is 6.92 Å². The zero-order valence-electron chi connectivity index (χ0n) is 17.9. The molecule has 32 heavy (non-hydrogen) atoms. The molecule has 4 nitrogen and oxygen atoms in total. The van der Waals surface area contributed by atoms with E-state index in [4.69, 9.17) is 4.74 Å². The van der Waals surface area contributed by atoms with Crippen LogP contribution in [-0.2, 0) is 28.4 Å². The molecular weight excluding hydrogens is 438 g/mol. The van der Waals surface area contributed by atoms with E-state index < -0.39 is 28.9 Å². The lowest BCUT2D eigenvalue weighted by Gasteiger charge is -2.39. The standard InChI is InChI=1S/C22H28F6N2O2/c1-20(4-6-29-7-5-20)19(31)30(13-15-2-8-32-9-3-15)14-16-10-17(21(23,24)25)12-18(11-16)22(26,27)28/h10-12,15,29H,2-9,13-14H2,1H3. The van der Waals surface area contributed by atoms with E-state index in [0.717, 1.165) is 0 Å². The van der Waals surface area contributed by atoms with Crippen molar-refractivity contribution in [3.8, 4) is 0 Å². The molecule has 0 aromatic heterocycles. The first-order valence-electron chi connectivity index (χ1n) is 10.7. The quantitative estimate of drug-likeness (QED) is 0.630. The summed E-state index contributed by atoms with van der Waals surface area (Å²) < 4.78 is 85.1. The van der Waals surface area contributed by atoms with Crippen LogP contribution in [0.5, 0.6) is 0 Å². The fourth-order valence-electron chi connectivity index (χ4n) is 4.37. The van der Waals surface area contributed by atoms with E-state index in [9.17, 15) is 31.1 Å². The lowest BCUT2D eigenvalue weighted by atomic mass is 9.79. The van der Waals surface area contributed by atoms with Gasteiger partial charge in [-0.25, -0.2) is 0 Å². The van der Waals surface area contributed by atoms with Gasteiger partial charge in [-0.2, -0.15) is 26.3 Å². The Balaban J connectivity index is 1.93. The molecule has 10 heteroatoms. The van der Waals surface area contributed by atoms with E-state index in [1.807, 2.05) is 6.92 Å². The largest absolute Gasteiger partial charge is 0.416 e. The first kappa shape index (κ1) is 24.8. The van der Waals surface area contributed by atoms with Crippen LogP contribution in [0.2, 0.25) is 0 Å². The summed E-state index contributed by atoms with van der Waals surface area (Å²) in [5.74, 6) is -0.137. The number of amides is 1. The van der Waals surface area contributed by atoms with E-state index in [-0.39, 0.29) is 36.5 Å². The molecular formula is C22H28F6N2O2. The van der Waals surface area contributed by atoms with Gasteiger partial charge < -0.3 is 15.0 Å². The van der Waals surface area contributed by atoms with Crippen molar-refractivity contribution in [2.75, 3.05) is 32.8 Å². The molecule has 2 fully saturated rings. The molecule has 0 aliphatic carbocycles. The van der Waals surface area contributed by atoms with E-state index in [1.165, 1.54) is 4.90 Å². The van der Waals surface area contributed by atoms with Crippen LogP contribution in [0.15, 0.2) is 18.2 Å². The highest BCUT2D eigenvalue weighted by molar-refractivity contribution is 5.82. The minimum absolute atomic E-state index is 0.0888. The van der Waals surface area contributed by atoms with Crippen LogP contribution >= 0.6 is 0 Å². The maximum absolute atomic E-state index is 13.5. The van der Waals surface area contributed by atoms with E-state index in [2.05, 4.69) is 5.32 Å². The Bertz CT molecular complexity index is 764. The van der Waals surface area contributed by atoms with Gasteiger partial charge in [0.1, 0.15) is 0 Å². The van der Waals surface area contributed by atoms with Crippen molar-refractivity contribution in [1.29, 1.82) is 0 Å². The normalized spacial score (nSPS) is 20.2. The van der Waals surface area contributed by atoms with Crippen molar-refractivity contribution in [3.05, 3.63) is 34.9 Å². The predicted molar refractivity (Wildman–Crippen MR) is 106 cm³/mol. The minimum Gasteiger partial charge on any atom is -0.381 e. The molecule has 1 aromatic rings. The molecule has 1 N–H and O–H groups in total. The van der Waals surface area contributed by atoms with Crippen LogP contribution < -0.4 is 5.32 Å². The number of benzene rings is 1. The Morgan fingerprint density at radius 2 is 1.56 bits per heavy atom. The zero-order chi connectivity index (χ0) is 23.6. The van der Waals surface area contributed by atoms with Crippen molar-refractivity contribution in [1.82, 2.24) is 10.2 Å². The van der Waals surface area contributed by atoms with Gasteiger partial charge in [-0.05, 0) is 68.5 Å². The SMILES string of the molecule is CC1(C(=O)N(Cc2cc(C(F)(F)F)cc(C(F)(F)F)c2)CC2CCOCC2)CCNCC1. The number of piperidine rings is 1. The molecule has 2 aliphatic heterocycles. The van der Waals surface area contributed by atoms with Crippen molar-refractivity contribution >= 4 is 5.91 Å². The van der Waals surface area contributed by atoms with Crippen molar-refractivity contribution in [3.63, 3.8) is 0 Å². The molecule has 0 radical (unpaired) electrons. The lowest BCUT2D eigenvalue weighted by molar-refractivity contribution is -0.144. The molecule has 0 bridgehead atoms. The predicted octanol–water partition coefficient (Wildman–Crippen LogP) is 4.87. The van der Waals surface area contributed by atoms with Crippen LogP contribution in [0.25, 0.3) is 0 Å². The van der Waals surface area contributed by atoms with E-state index in [1.54, 1.807) is 0 Å². The van der Waals surface area contributed by atoms with Crippen LogP contribution in [-0.4, -0.2) is 43.7 Å². The minimum atomic E-state index is -4.92. The summed E-state index contributed by atoms with van der Waals surface area (Å²) in [6.07, 6.45) is -7.34. The summed E-state index contributed by atoms with van der Waals surface area (Å²) in [4.78, 5) is 14.9. The Morgan fingerprint density at radius 1 is 1.03 bits per heavy atom. The second kappa shape index (κ2) is 9.59. The van der Waals surface area contributed by atoms with Gasteiger partial charge in [0.15, 0.2) is 0 Å². The van der Waals surface area contributed by atoms with Gasteiger partial charge in [-0.3, -0.25) is 4.79 Å². The van der Waals surface area contributed by atoms with Gasteiger partial charge in [0.2, 0.25) is 5.91 Å². The summed E-state index contributed by atoms with van der Waals surface area (Å²) in [6, 6.07) is 1.54. The number of rotatable bonds is 5. The number of hydrogen-bond donors (Lipinski definition) is 1. The van der Waals surface area contributed by atoms with Gasteiger partial charge in [0.05, 0.1) is 11.1 Å². The number of nitrogens with one attached hydrogen (secondary N) is 1. The molecule has 0 unspecified atom stereocenters. The topological polar surface area (TPSA) is 41.6 Å². The third kappa shape index (κ3) is 6.15. The highest BCUT2D eigenvalue weighted by Gasteiger charge is 2.40. The summed E-state index contributed by atoms with van der Waals surface area (Å²) in [5, 5.41) is 3.18. The average Bonchev–Trinajstić information content (AvgIpc) is 2.72. The Labute approximate surface area is 183 Å². The third-order valence-corrected chi connectivity index (χ3v) is 6.35. The number of alkyl halides is 6. The Morgan fingerprint density at radius 3 is 2.06 bits per heavy atom. The number of halogens is 6. The Kier molecular flexibility index (Phi) is 7.44. The molecule has 1 aromatic carbocycles. The van der Waals surface area contributed by atoms with Gasteiger partial charge in [-0.15, -0.1) is 0 Å². The number of nitrogens with zero attached hydrogens (tertiary/aromatic N) is 1. The molecule has 0 saturated carbocycles. The fourth-order valence-corrected chi connectivity index (χ4v) is 4.37. The number of carbonyl (C=O) groups excluding carboxylic acids is 1. The molecule has 2 aliphatic rings. The molecule has 1 amide bonds. The molecule has 180 valence electrons. The number of ether oxygens (including phenoxy) is 1. The molecule has 0 atom stereocenters. The maximum atomic E-state index is 13.5. The molecule has 3 rings (SSSR count). The summed E-state index contributed by atoms with van der Waals surface area (Å²) in [7, 11) is 0. The number of hydrogen-bond acceptors (Lipinski definition) is 3. The van der Waals surface area contributed by atoms with Crippen LogP contribution in [0.4, 0.5) is 26.3 Å². The first-order valence-corrected chi connectivity index (χ1v) is 10.7. The highest BCUT2D eigenvalue weighted by atomic mass is 19.4.